The van der Waals surface area contributed by atoms with E-state index in [4.69, 9.17) is 26.4 Å². The fraction of sp³-hybridized carbons (Fsp3) is 0.222. The van der Waals surface area contributed by atoms with Gasteiger partial charge in [0.05, 0.1) is 18.6 Å². The van der Waals surface area contributed by atoms with Crippen LogP contribution in [0.15, 0.2) is 47.1 Å². The molecule has 2 N–H and O–H groups in total. The van der Waals surface area contributed by atoms with Gasteiger partial charge in [0.1, 0.15) is 23.2 Å². The predicted molar refractivity (Wildman–Crippen MR) is 86.1 cm³/mol. The Kier molecular flexibility index (Phi) is 5.13. The largest absolute Gasteiger partial charge is 0.497 e. The lowest BCUT2D eigenvalue weighted by Gasteiger charge is -2.26. The Hall–Kier alpha value is -3.38. The standard InChI is InChI=1S/C18H16N2O4/c1-4-9-23-18(21)15-11(2)24-17(20)14(10-19)16(15)12-5-7-13(22-3)8-6-12/h1,5-8,16H,9,20H2,2-3H3. The summed E-state index contributed by atoms with van der Waals surface area (Å²) < 4.78 is 15.5. The summed E-state index contributed by atoms with van der Waals surface area (Å²) in [4.78, 5) is 12.4. The van der Waals surface area contributed by atoms with Gasteiger partial charge in [-0.05, 0) is 24.6 Å². The maximum Gasteiger partial charge on any atom is 0.339 e. The zero-order valence-electron chi connectivity index (χ0n) is 13.3. The lowest BCUT2D eigenvalue weighted by atomic mass is 9.83. The smallest absolute Gasteiger partial charge is 0.339 e. The predicted octanol–water partition coefficient (Wildman–Crippen LogP) is 1.95. The van der Waals surface area contributed by atoms with Crippen LogP contribution >= 0.6 is 0 Å². The molecule has 1 aliphatic heterocycles. The van der Waals surface area contributed by atoms with Crippen molar-refractivity contribution in [2.75, 3.05) is 13.7 Å². The van der Waals surface area contributed by atoms with Gasteiger partial charge in [0.2, 0.25) is 5.88 Å². The maximum absolute atomic E-state index is 12.4. The highest BCUT2D eigenvalue weighted by molar-refractivity contribution is 5.92. The Morgan fingerprint density at radius 2 is 2.08 bits per heavy atom. The summed E-state index contributed by atoms with van der Waals surface area (Å²) in [6.45, 7) is 1.41. The van der Waals surface area contributed by atoms with E-state index in [1.165, 1.54) is 0 Å². The highest BCUT2D eigenvalue weighted by atomic mass is 16.5. The molecular weight excluding hydrogens is 308 g/mol. The quantitative estimate of drug-likeness (QED) is 0.672. The second-order valence-electron chi connectivity index (χ2n) is 4.95. The minimum absolute atomic E-state index is 0.0377. The minimum Gasteiger partial charge on any atom is -0.497 e. The first-order chi connectivity index (χ1) is 11.5. The summed E-state index contributed by atoms with van der Waals surface area (Å²) in [7, 11) is 1.55. The first kappa shape index (κ1) is 17.0. The van der Waals surface area contributed by atoms with Crippen LogP contribution in [0.3, 0.4) is 0 Å². The highest BCUT2D eigenvalue weighted by Crippen LogP contribution is 2.39. The molecule has 6 heteroatoms. The number of allylic oxidation sites excluding steroid dienone is 2. The number of terminal acetylenes is 1. The molecular formula is C18H16N2O4. The molecule has 1 aromatic rings. The second-order valence-corrected chi connectivity index (χ2v) is 4.95. The normalized spacial score (nSPS) is 16.8. The maximum atomic E-state index is 12.4. The van der Waals surface area contributed by atoms with Gasteiger partial charge in [-0.15, -0.1) is 6.42 Å². The Labute approximate surface area is 140 Å². The van der Waals surface area contributed by atoms with Gasteiger partial charge < -0.3 is 19.9 Å². The summed E-state index contributed by atoms with van der Waals surface area (Å²) in [5, 5.41) is 9.46. The molecule has 0 saturated carbocycles. The molecule has 122 valence electrons. The average Bonchev–Trinajstić information content (AvgIpc) is 2.59. The summed E-state index contributed by atoms with van der Waals surface area (Å²) in [6.07, 6.45) is 5.12. The number of nitrogens with two attached hydrogens (primary N) is 1. The van der Waals surface area contributed by atoms with Crippen molar-refractivity contribution < 1.29 is 19.0 Å². The molecule has 0 saturated heterocycles. The highest BCUT2D eigenvalue weighted by Gasteiger charge is 2.36. The van der Waals surface area contributed by atoms with Gasteiger partial charge in [-0.25, -0.2) is 4.79 Å². The van der Waals surface area contributed by atoms with Crippen LogP contribution in [0.1, 0.15) is 18.4 Å². The van der Waals surface area contributed by atoms with Crippen molar-refractivity contribution in [3.63, 3.8) is 0 Å². The van der Waals surface area contributed by atoms with Crippen molar-refractivity contribution in [2.45, 2.75) is 12.8 Å². The van der Waals surface area contributed by atoms with E-state index in [2.05, 4.69) is 5.92 Å². The van der Waals surface area contributed by atoms with Gasteiger partial charge in [0.25, 0.3) is 0 Å². The molecule has 1 aromatic carbocycles. The van der Waals surface area contributed by atoms with Gasteiger partial charge in [0, 0.05) is 0 Å². The van der Waals surface area contributed by atoms with E-state index >= 15 is 0 Å². The Bertz CT molecular complexity index is 792. The van der Waals surface area contributed by atoms with Crippen molar-refractivity contribution in [1.29, 1.82) is 5.26 Å². The molecule has 1 atom stereocenters. The van der Waals surface area contributed by atoms with Crippen LogP contribution in [0.25, 0.3) is 0 Å². The van der Waals surface area contributed by atoms with Crippen LogP contribution in [-0.2, 0) is 14.3 Å². The third kappa shape index (κ3) is 3.18. The number of carbonyl (C=O) groups excluding carboxylic acids is 1. The third-order valence-corrected chi connectivity index (χ3v) is 3.56. The molecule has 0 radical (unpaired) electrons. The van der Waals surface area contributed by atoms with Gasteiger partial charge in [-0.3, -0.25) is 0 Å². The first-order valence-corrected chi connectivity index (χ1v) is 7.06. The van der Waals surface area contributed by atoms with E-state index in [1.54, 1.807) is 38.3 Å². The van der Waals surface area contributed by atoms with Crippen molar-refractivity contribution in [1.82, 2.24) is 0 Å². The molecule has 0 fully saturated rings. The van der Waals surface area contributed by atoms with Crippen LogP contribution in [0.5, 0.6) is 5.75 Å². The zero-order valence-corrected chi connectivity index (χ0v) is 13.3. The third-order valence-electron chi connectivity index (χ3n) is 3.56. The van der Waals surface area contributed by atoms with E-state index < -0.39 is 11.9 Å². The Morgan fingerprint density at radius 3 is 2.62 bits per heavy atom. The van der Waals surface area contributed by atoms with E-state index in [-0.39, 0.29) is 29.4 Å². The number of esters is 1. The van der Waals surface area contributed by atoms with Gasteiger partial charge >= 0.3 is 5.97 Å². The molecule has 0 aromatic heterocycles. The van der Waals surface area contributed by atoms with Gasteiger partial charge in [0.15, 0.2) is 6.61 Å². The zero-order chi connectivity index (χ0) is 17.7. The number of ether oxygens (including phenoxy) is 3. The number of nitriles is 1. The molecule has 0 bridgehead atoms. The number of rotatable bonds is 4. The number of methoxy groups -OCH3 is 1. The number of nitrogens with zero attached hydrogens (tertiary/aromatic N) is 1. The Morgan fingerprint density at radius 1 is 1.42 bits per heavy atom. The summed E-state index contributed by atoms with van der Waals surface area (Å²) in [5.41, 5.74) is 6.84. The van der Waals surface area contributed by atoms with Crippen LogP contribution in [0, 0.1) is 23.7 Å². The van der Waals surface area contributed by atoms with Gasteiger partial charge in [-0.2, -0.15) is 5.26 Å². The number of benzene rings is 1. The topological polar surface area (TPSA) is 94.6 Å². The van der Waals surface area contributed by atoms with Crippen LogP contribution in [0.4, 0.5) is 0 Å². The van der Waals surface area contributed by atoms with Crippen molar-refractivity contribution in [2.24, 2.45) is 5.73 Å². The molecule has 1 heterocycles. The molecule has 2 rings (SSSR count). The summed E-state index contributed by atoms with van der Waals surface area (Å²) in [5.74, 6) is 1.78. The average molecular weight is 324 g/mol. The molecule has 0 spiro atoms. The van der Waals surface area contributed by atoms with E-state index in [9.17, 15) is 10.1 Å². The number of hydrogen-bond donors (Lipinski definition) is 1. The van der Waals surface area contributed by atoms with Crippen molar-refractivity contribution in [3.05, 3.63) is 52.6 Å². The minimum atomic E-state index is -0.695. The lowest BCUT2D eigenvalue weighted by molar-refractivity contribution is -0.138. The van der Waals surface area contributed by atoms with E-state index in [0.29, 0.717) is 11.3 Å². The number of carbonyl (C=O) groups is 1. The van der Waals surface area contributed by atoms with Crippen LogP contribution in [-0.4, -0.2) is 19.7 Å². The first-order valence-electron chi connectivity index (χ1n) is 7.06. The number of hydrogen-bond acceptors (Lipinski definition) is 6. The SMILES string of the molecule is C#CCOC(=O)C1=C(C)OC(N)=C(C#N)C1c1ccc(OC)cc1. The summed E-state index contributed by atoms with van der Waals surface area (Å²) in [6, 6.07) is 8.97. The van der Waals surface area contributed by atoms with E-state index in [1.807, 2.05) is 6.07 Å². The second kappa shape index (κ2) is 7.26. The molecule has 6 nitrogen and oxygen atoms in total. The van der Waals surface area contributed by atoms with Crippen LogP contribution < -0.4 is 10.5 Å². The molecule has 1 unspecified atom stereocenters. The lowest BCUT2D eigenvalue weighted by Crippen LogP contribution is -2.25. The Balaban J connectivity index is 2.53. The molecule has 0 aliphatic carbocycles. The van der Waals surface area contributed by atoms with E-state index in [0.717, 1.165) is 0 Å². The van der Waals surface area contributed by atoms with Crippen molar-refractivity contribution in [3.8, 4) is 24.2 Å². The monoisotopic (exact) mass is 324 g/mol. The van der Waals surface area contributed by atoms with Gasteiger partial charge in [-0.1, -0.05) is 18.1 Å². The molecule has 0 amide bonds. The fourth-order valence-corrected chi connectivity index (χ4v) is 2.46. The van der Waals surface area contributed by atoms with Crippen LogP contribution in [0.2, 0.25) is 0 Å². The molecule has 1 aliphatic rings. The molecule has 24 heavy (non-hydrogen) atoms. The summed E-state index contributed by atoms with van der Waals surface area (Å²) >= 11 is 0. The fourth-order valence-electron chi connectivity index (χ4n) is 2.46. The van der Waals surface area contributed by atoms with Crippen molar-refractivity contribution >= 4 is 5.97 Å².